The van der Waals surface area contributed by atoms with E-state index in [0.717, 1.165) is 11.1 Å². The van der Waals surface area contributed by atoms with E-state index in [-0.39, 0.29) is 0 Å². The average Bonchev–Trinajstić information content (AvgIpc) is 2.88. The first-order valence-electron chi connectivity index (χ1n) is 6.12. The third kappa shape index (κ3) is 3.07. The van der Waals surface area contributed by atoms with Crippen LogP contribution >= 0.6 is 23.8 Å². The van der Waals surface area contributed by atoms with Crippen LogP contribution in [0, 0.1) is 4.77 Å². The molecule has 2 aromatic heterocycles. The molecule has 5 nitrogen and oxygen atoms in total. The molecular formula is C14H10ClN5S. The zero-order valence-corrected chi connectivity index (χ0v) is 12.3. The highest BCUT2D eigenvalue weighted by atomic mass is 35.5. The first kappa shape index (κ1) is 13.7. The van der Waals surface area contributed by atoms with E-state index in [4.69, 9.17) is 23.8 Å². The van der Waals surface area contributed by atoms with Crippen LogP contribution in [0.25, 0.3) is 11.4 Å². The van der Waals surface area contributed by atoms with Gasteiger partial charge in [0, 0.05) is 23.0 Å². The van der Waals surface area contributed by atoms with E-state index in [0.29, 0.717) is 15.6 Å². The summed E-state index contributed by atoms with van der Waals surface area (Å²) in [6.07, 6.45) is 5.11. The van der Waals surface area contributed by atoms with E-state index >= 15 is 0 Å². The van der Waals surface area contributed by atoms with Crippen LogP contribution < -0.4 is 0 Å². The summed E-state index contributed by atoms with van der Waals surface area (Å²) in [7, 11) is 0. The third-order valence-electron chi connectivity index (χ3n) is 2.78. The van der Waals surface area contributed by atoms with Crippen molar-refractivity contribution in [2.24, 2.45) is 5.10 Å². The molecule has 0 bridgehead atoms. The van der Waals surface area contributed by atoms with E-state index in [2.05, 4.69) is 20.3 Å². The van der Waals surface area contributed by atoms with Crippen molar-refractivity contribution in [3.63, 3.8) is 0 Å². The van der Waals surface area contributed by atoms with Crippen molar-refractivity contribution in [1.82, 2.24) is 19.9 Å². The van der Waals surface area contributed by atoms with Crippen molar-refractivity contribution < 1.29 is 0 Å². The molecule has 0 amide bonds. The lowest BCUT2D eigenvalue weighted by Gasteiger charge is -2.01. The number of nitrogens with one attached hydrogen (secondary N) is 1. The quantitative estimate of drug-likeness (QED) is 0.594. The van der Waals surface area contributed by atoms with Gasteiger partial charge in [-0.2, -0.15) is 14.9 Å². The molecule has 0 saturated carbocycles. The van der Waals surface area contributed by atoms with Crippen molar-refractivity contribution >= 4 is 30.0 Å². The Labute approximate surface area is 130 Å². The number of pyridine rings is 1. The summed E-state index contributed by atoms with van der Waals surface area (Å²) in [5, 5.41) is 12.0. The first-order chi connectivity index (χ1) is 10.2. The molecule has 0 fully saturated rings. The molecule has 0 aliphatic heterocycles. The van der Waals surface area contributed by atoms with Crippen LogP contribution in [0.1, 0.15) is 5.56 Å². The maximum absolute atomic E-state index is 5.89. The van der Waals surface area contributed by atoms with Crippen molar-refractivity contribution in [2.75, 3.05) is 0 Å². The fourth-order valence-corrected chi connectivity index (χ4v) is 2.06. The van der Waals surface area contributed by atoms with Crippen LogP contribution in [0.15, 0.2) is 53.9 Å². The normalized spacial score (nSPS) is 11.1. The summed E-state index contributed by atoms with van der Waals surface area (Å²) in [5.41, 5.74) is 1.80. The van der Waals surface area contributed by atoms with Gasteiger partial charge in [-0.3, -0.25) is 4.98 Å². The van der Waals surface area contributed by atoms with Crippen molar-refractivity contribution in [3.05, 3.63) is 64.1 Å². The van der Waals surface area contributed by atoms with Crippen molar-refractivity contribution in [2.45, 2.75) is 0 Å². The lowest BCUT2D eigenvalue weighted by molar-refractivity contribution is 0.871. The molecule has 2 heterocycles. The molecule has 3 aromatic rings. The van der Waals surface area contributed by atoms with Crippen LogP contribution in [0.5, 0.6) is 0 Å². The smallest absolute Gasteiger partial charge is 0.216 e. The molecule has 0 unspecified atom stereocenters. The average molecular weight is 316 g/mol. The highest BCUT2D eigenvalue weighted by Gasteiger charge is 2.07. The van der Waals surface area contributed by atoms with E-state index in [1.54, 1.807) is 35.4 Å². The maximum atomic E-state index is 5.89. The molecular weight excluding hydrogens is 306 g/mol. The summed E-state index contributed by atoms with van der Waals surface area (Å²) in [6.45, 7) is 0. The van der Waals surface area contributed by atoms with Gasteiger partial charge in [-0.05, 0) is 54.2 Å². The molecule has 7 heteroatoms. The third-order valence-corrected chi connectivity index (χ3v) is 3.30. The molecule has 3 rings (SSSR count). The Bertz CT molecular complexity index is 821. The van der Waals surface area contributed by atoms with Gasteiger partial charge in [0.05, 0.1) is 6.21 Å². The molecule has 1 aromatic carbocycles. The second-order valence-corrected chi connectivity index (χ2v) is 5.02. The molecule has 0 radical (unpaired) electrons. The maximum Gasteiger partial charge on any atom is 0.216 e. The van der Waals surface area contributed by atoms with E-state index in [9.17, 15) is 0 Å². The van der Waals surface area contributed by atoms with E-state index in [1.165, 1.54) is 0 Å². The Morgan fingerprint density at radius 3 is 2.57 bits per heavy atom. The Morgan fingerprint density at radius 2 is 1.86 bits per heavy atom. The van der Waals surface area contributed by atoms with Crippen LogP contribution in [-0.4, -0.2) is 26.1 Å². The molecule has 0 atom stereocenters. The molecule has 0 spiro atoms. The summed E-state index contributed by atoms with van der Waals surface area (Å²) >= 11 is 11.1. The van der Waals surface area contributed by atoms with Gasteiger partial charge in [-0.25, -0.2) is 5.10 Å². The number of aromatic amines is 1. The lowest BCUT2D eigenvalue weighted by atomic mass is 10.2. The Hall–Kier alpha value is -2.31. The minimum Gasteiger partial charge on any atom is -0.265 e. The minimum atomic E-state index is 0.422. The van der Waals surface area contributed by atoms with Crippen LogP contribution in [0.4, 0.5) is 0 Å². The number of H-pyrrole nitrogens is 1. The number of benzene rings is 1. The molecule has 104 valence electrons. The fourth-order valence-electron chi connectivity index (χ4n) is 1.76. The lowest BCUT2D eigenvalue weighted by Crippen LogP contribution is -1.95. The number of rotatable bonds is 3. The Balaban J connectivity index is 2.00. The van der Waals surface area contributed by atoms with Gasteiger partial charge in [0.15, 0.2) is 5.82 Å². The predicted molar refractivity (Wildman–Crippen MR) is 85.1 cm³/mol. The highest BCUT2D eigenvalue weighted by Crippen LogP contribution is 2.19. The number of hydrogen-bond donors (Lipinski definition) is 1. The summed E-state index contributed by atoms with van der Waals surface area (Å²) < 4.78 is 1.99. The van der Waals surface area contributed by atoms with Crippen LogP contribution in [0.3, 0.4) is 0 Å². The zero-order chi connectivity index (χ0) is 14.7. The van der Waals surface area contributed by atoms with Crippen molar-refractivity contribution in [1.29, 1.82) is 0 Å². The number of aromatic nitrogens is 4. The van der Waals surface area contributed by atoms with Gasteiger partial charge >= 0.3 is 0 Å². The number of halogens is 1. The molecule has 21 heavy (non-hydrogen) atoms. The second kappa shape index (κ2) is 5.99. The second-order valence-electron chi connectivity index (χ2n) is 4.20. The Kier molecular flexibility index (Phi) is 3.89. The standard InChI is InChI=1S/C14H10ClN5S/c15-12-3-1-11(2-4-12)13-18-19-14(21)20(13)17-9-10-5-7-16-8-6-10/h1-9H,(H,19,21)/b17-9-. The molecule has 0 saturated heterocycles. The van der Waals surface area contributed by atoms with Gasteiger partial charge < -0.3 is 0 Å². The summed E-state index contributed by atoms with van der Waals surface area (Å²) in [4.78, 5) is 3.96. The number of nitrogens with zero attached hydrogens (tertiary/aromatic N) is 4. The molecule has 0 aliphatic carbocycles. The monoisotopic (exact) mass is 315 g/mol. The Morgan fingerprint density at radius 1 is 1.14 bits per heavy atom. The first-order valence-corrected chi connectivity index (χ1v) is 6.90. The highest BCUT2D eigenvalue weighted by molar-refractivity contribution is 7.71. The van der Waals surface area contributed by atoms with Crippen LogP contribution in [-0.2, 0) is 0 Å². The SMILES string of the molecule is S=c1[nH]nc(-c2ccc(Cl)cc2)n1/N=C\c1ccncc1. The van der Waals surface area contributed by atoms with Gasteiger partial charge in [-0.15, -0.1) is 0 Å². The molecule has 0 aliphatic rings. The largest absolute Gasteiger partial charge is 0.265 e. The fraction of sp³-hybridized carbons (Fsp3) is 0. The van der Waals surface area contributed by atoms with E-state index in [1.807, 2.05) is 24.3 Å². The minimum absolute atomic E-state index is 0.422. The molecule has 1 N–H and O–H groups in total. The van der Waals surface area contributed by atoms with E-state index < -0.39 is 0 Å². The van der Waals surface area contributed by atoms with Gasteiger partial charge in [0.1, 0.15) is 0 Å². The summed E-state index contributed by atoms with van der Waals surface area (Å²) in [5.74, 6) is 0.627. The van der Waals surface area contributed by atoms with Gasteiger partial charge in [-0.1, -0.05) is 11.6 Å². The van der Waals surface area contributed by atoms with Gasteiger partial charge in [0.2, 0.25) is 4.77 Å². The topological polar surface area (TPSA) is 58.9 Å². The predicted octanol–water partition coefficient (Wildman–Crippen LogP) is 3.54. The summed E-state index contributed by atoms with van der Waals surface area (Å²) in [6, 6.07) is 11.0. The van der Waals surface area contributed by atoms with Gasteiger partial charge in [0.25, 0.3) is 0 Å². The van der Waals surface area contributed by atoms with Crippen LogP contribution in [0.2, 0.25) is 5.02 Å². The van der Waals surface area contributed by atoms with Crippen molar-refractivity contribution in [3.8, 4) is 11.4 Å². The zero-order valence-electron chi connectivity index (χ0n) is 10.8. The number of hydrogen-bond acceptors (Lipinski definition) is 4.